The van der Waals surface area contributed by atoms with Crippen molar-refractivity contribution in [1.29, 1.82) is 0 Å². The number of likely N-dealkylation sites (tertiary alicyclic amines) is 1. The summed E-state index contributed by atoms with van der Waals surface area (Å²) >= 11 is 0. The molecule has 33 heavy (non-hydrogen) atoms. The molecule has 2 aromatic heterocycles. The standard InChI is InChI=1S/C25H30F2N6/c1-28-23-13-17(14-29-24(23)27)16-2-7-22-21(12-16)25(31-15-30-22)32-19-3-5-20(6-4-19)33-10-8-18(26)9-11-33/h2,7,12-15,18-20,28H,3-6,8-11H2,1H3,(H,30,31,32). The third-order valence-electron chi connectivity index (χ3n) is 7.09. The summed E-state index contributed by atoms with van der Waals surface area (Å²) in [4.78, 5) is 15.3. The molecular formula is C25H30F2N6. The molecule has 2 aliphatic rings. The minimum atomic E-state index is -0.620. The molecule has 1 saturated heterocycles. The maximum absolute atomic E-state index is 13.8. The highest BCUT2D eigenvalue weighted by Gasteiger charge is 2.29. The van der Waals surface area contributed by atoms with Gasteiger partial charge in [0.25, 0.3) is 0 Å². The first-order valence-electron chi connectivity index (χ1n) is 11.8. The molecule has 0 bridgehead atoms. The number of aromatic nitrogens is 3. The average molecular weight is 453 g/mol. The fourth-order valence-electron chi connectivity index (χ4n) is 5.14. The summed E-state index contributed by atoms with van der Waals surface area (Å²) in [6, 6.07) is 8.65. The van der Waals surface area contributed by atoms with E-state index < -0.39 is 12.1 Å². The Kier molecular flexibility index (Phi) is 6.35. The van der Waals surface area contributed by atoms with Gasteiger partial charge in [-0.15, -0.1) is 0 Å². The number of benzene rings is 1. The summed E-state index contributed by atoms with van der Waals surface area (Å²) in [5, 5.41) is 7.43. The van der Waals surface area contributed by atoms with Gasteiger partial charge >= 0.3 is 0 Å². The van der Waals surface area contributed by atoms with Gasteiger partial charge in [-0.2, -0.15) is 4.39 Å². The summed E-state index contributed by atoms with van der Waals surface area (Å²) in [6.45, 7) is 1.77. The van der Waals surface area contributed by atoms with Crippen molar-refractivity contribution in [3.8, 4) is 11.1 Å². The maximum Gasteiger partial charge on any atom is 0.236 e. The lowest BCUT2D eigenvalue weighted by Gasteiger charge is -2.39. The number of alkyl halides is 1. The summed E-state index contributed by atoms with van der Waals surface area (Å²) < 4.78 is 27.3. The van der Waals surface area contributed by atoms with Crippen LogP contribution in [0.25, 0.3) is 22.0 Å². The lowest BCUT2D eigenvalue weighted by Crippen LogP contribution is -2.45. The van der Waals surface area contributed by atoms with Crippen LogP contribution in [0, 0.1) is 5.95 Å². The second-order valence-electron chi connectivity index (χ2n) is 9.13. The van der Waals surface area contributed by atoms with Crippen LogP contribution in [0.4, 0.5) is 20.3 Å². The second-order valence-corrected chi connectivity index (χ2v) is 9.13. The second kappa shape index (κ2) is 9.55. The first-order valence-corrected chi connectivity index (χ1v) is 11.8. The fourth-order valence-corrected chi connectivity index (χ4v) is 5.14. The van der Waals surface area contributed by atoms with Crippen molar-refractivity contribution in [1.82, 2.24) is 19.9 Å². The van der Waals surface area contributed by atoms with Crippen molar-refractivity contribution in [2.24, 2.45) is 0 Å². The van der Waals surface area contributed by atoms with Gasteiger partial charge in [0.1, 0.15) is 18.3 Å². The number of halogens is 2. The smallest absolute Gasteiger partial charge is 0.236 e. The van der Waals surface area contributed by atoms with Crippen LogP contribution in [-0.2, 0) is 0 Å². The van der Waals surface area contributed by atoms with E-state index in [9.17, 15) is 8.78 Å². The normalized spacial score (nSPS) is 22.4. The highest BCUT2D eigenvalue weighted by Crippen LogP contribution is 2.31. The van der Waals surface area contributed by atoms with Gasteiger partial charge in [0.2, 0.25) is 5.95 Å². The predicted octanol–water partition coefficient (Wildman–Crippen LogP) is 5.03. The van der Waals surface area contributed by atoms with Gasteiger partial charge in [0.15, 0.2) is 0 Å². The molecule has 1 saturated carbocycles. The molecule has 0 atom stereocenters. The molecule has 5 rings (SSSR count). The fraction of sp³-hybridized carbons (Fsp3) is 0.480. The van der Waals surface area contributed by atoms with Crippen molar-refractivity contribution in [2.75, 3.05) is 30.8 Å². The van der Waals surface area contributed by atoms with Gasteiger partial charge in [-0.3, -0.25) is 0 Å². The Bertz CT molecular complexity index is 1110. The Labute approximate surface area is 192 Å². The van der Waals surface area contributed by atoms with Crippen LogP contribution in [0.2, 0.25) is 0 Å². The van der Waals surface area contributed by atoms with Crippen molar-refractivity contribution in [3.63, 3.8) is 0 Å². The zero-order valence-electron chi connectivity index (χ0n) is 18.9. The van der Waals surface area contributed by atoms with Gasteiger partial charge in [0.05, 0.1) is 11.2 Å². The molecule has 174 valence electrons. The van der Waals surface area contributed by atoms with E-state index in [1.54, 1.807) is 25.6 Å². The first-order chi connectivity index (χ1) is 16.1. The number of hydrogen-bond acceptors (Lipinski definition) is 6. The number of nitrogens with one attached hydrogen (secondary N) is 2. The largest absolute Gasteiger partial charge is 0.384 e. The van der Waals surface area contributed by atoms with Gasteiger partial charge in [-0.1, -0.05) is 6.07 Å². The van der Waals surface area contributed by atoms with Crippen molar-refractivity contribution in [2.45, 2.75) is 56.8 Å². The molecule has 1 aromatic carbocycles. The number of fused-ring (bicyclic) bond motifs is 1. The van der Waals surface area contributed by atoms with E-state index in [1.807, 2.05) is 18.2 Å². The topological polar surface area (TPSA) is 66.0 Å². The number of piperidine rings is 1. The van der Waals surface area contributed by atoms with Crippen LogP contribution in [0.1, 0.15) is 38.5 Å². The molecule has 2 fully saturated rings. The molecule has 3 heterocycles. The molecule has 1 aliphatic heterocycles. The summed E-state index contributed by atoms with van der Waals surface area (Å²) in [5.74, 6) is 0.310. The highest BCUT2D eigenvalue weighted by atomic mass is 19.1. The van der Waals surface area contributed by atoms with Gasteiger partial charge in [0, 0.05) is 49.4 Å². The average Bonchev–Trinajstić information content (AvgIpc) is 2.85. The minimum absolute atomic E-state index is 0.352. The van der Waals surface area contributed by atoms with E-state index in [-0.39, 0.29) is 0 Å². The zero-order valence-corrected chi connectivity index (χ0v) is 18.9. The number of rotatable bonds is 5. The lowest BCUT2D eigenvalue weighted by atomic mass is 9.89. The van der Waals surface area contributed by atoms with Crippen LogP contribution >= 0.6 is 0 Å². The molecule has 0 spiro atoms. The lowest BCUT2D eigenvalue weighted by molar-refractivity contribution is 0.0895. The number of pyridine rings is 1. The quantitative estimate of drug-likeness (QED) is 0.530. The van der Waals surface area contributed by atoms with Crippen molar-refractivity contribution >= 4 is 22.4 Å². The Hall–Kier alpha value is -2.87. The van der Waals surface area contributed by atoms with E-state index in [1.165, 1.54) is 0 Å². The van der Waals surface area contributed by atoms with Crippen LogP contribution in [-0.4, -0.2) is 58.2 Å². The predicted molar refractivity (Wildman–Crippen MR) is 128 cm³/mol. The molecule has 6 nitrogen and oxygen atoms in total. The SMILES string of the molecule is CNc1cc(-c2ccc3ncnc(NC4CCC(N5CCC(F)CC5)CC4)c3c2)cnc1F. The van der Waals surface area contributed by atoms with Crippen LogP contribution < -0.4 is 10.6 Å². The molecule has 2 N–H and O–H groups in total. The van der Waals surface area contributed by atoms with E-state index in [0.717, 1.165) is 66.6 Å². The zero-order chi connectivity index (χ0) is 22.8. The minimum Gasteiger partial charge on any atom is -0.384 e. The Morgan fingerprint density at radius 2 is 1.73 bits per heavy atom. The third-order valence-corrected chi connectivity index (χ3v) is 7.09. The number of hydrogen-bond donors (Lipinski definition) is 2. The van der Waals surface area contributed by atoms with Gasteiger partial charge in [-0.05, 0) is 62.3 Å². The van der Waals surface area contributed by atoms with Crippen LogP contribution in [0.15, 0.2) is 36.8 Å². The van der Waals surface area contributed by atoms with E-state index in [0.29, 0.717) is 30.6 Å². The van der Waals surface area contributed by atoms with E-state index >= 15 is 0 Å². The first kappa shape index (κ1) is 21.9. The van der Waals surface area contributed by atoms with Gasteiger partial charge in [-0.25, -0.2) is 19.3 Å². The van der Waals surface area contributed by atoms with E-state index in [4.69, 9.17) is 0 Å². The Morgan fingerprint density at radius 1 is 0.939 bits per heavy atom. The van der Waals surface area contributed by atoms with Crippen molar-refractivity contribution in [3.05, 3.63) is 42.7 Å². The third kappa shape index (κ3) is 4.76. The molecule has 0 unspecified atom stereocenters. The molecule has 0 radical (unpaired) electrons. The molecule has 3 aromatic rings. The summed E-state index contributed by atoms with van der Waals surface area (Å²) in [7, 11) is 1.68. The molecule has 1 aliphatic carbocycles. The van der Waals surface area contributed by atoms with Gasteiger partial charge < -0.3 is 15.5 Å². The number of anilines is 2. The van der Waals surface area contributed by atoms with Crippen molar-refractivity contribution < 1.29 is 8.78 Å². The summed E-state index contributed by atoms with van der Waals surface area (Å²) in [6.07, 6.45) is 8.24. The van der Waals surface area contributed by atoms with Crippen LogP contribution in [0.3, 0.4) is 0 Å². The number of nitrogens with zero attached hydrogens (tertiary/aromatic N) is 4. The molecule has 8 heteroatoms. The Balaban J connectivity index is 1.31. The Morgan fingerprint density at radius 3 is 2.48 bits per heavy atom. The summed E-state index contributed by atoms with van der Waals surface area (Å²) in [5.41, 5.74) is 2.99. The monoisotopic (exact) mass is 452 g/mol. The highest BCUT2D eigenvalue weighted by molar-refractivity contribution is 5.92. The molecular weight excluding hydrogens is 422 g/mol. The van der Waals surface area contributed by atoms with Crippen LogP contribution in [0.5, 0.6) is 0 Å². The molecule has 0 amide bonds. The van der Waals surface area contributed by atoms with E-state index in [2.05, 4.69) is 30.5 Å². The maximum atomic E-state index is 13.8.